The Morgan fingerprint density at radius 1 is 1.24 bits per heavy atom. The number of rotatable bonds is 4. The van der Waals surface area contributed by atoms with Gasteiger partial charge in [0, 0.05) is 39.3 Å². The molecule has 5 nitrogen and oxygen atoms in total. The van der Waals surface area contributed by atoms with E-state index < -0.39 is 5.82 Å². The molecule has 1 N–H and O–H groups in total. The fourth-order valence-electron chi connectivity index (χ4n) is 2.27. The fourth-order valence-corrected chi connectivity index (χ4v) is 2.27. The number of benzene rings is 1. The molecule has 2 rings (SSSR count). The van der Waals surface area contributed by atoms with Crippen LogP contribution < -0.4 is 5.32 Å². The summed E-state index contributed by atoms with van der Waals surface area (Å²) >= 11 is 0. The van der Waals surface area contributed by atoms with Crippen LogP contribution in [0, 0.1) is 5.82 Å². The third-order valence-corrected chi connectivity index (χ3v) is 3.64. The highest BCUT2D eigenvalue weighted by molar-refractivity contribution is 5.89. The Balaban J connectivity index is 1.79. The predicted molar refractivity (Wildman–Crippen MR) is 82.0 cm³/mol. The van der Waals surface area contributed by atoms with E-state index in [0.717, 1.165) is 26.2 Å². The first kappa shape index (κ1) is 15.7. The summed E-state index contributed by atoms with van der Waals surface area (Å²) in [5.41, 5.74) is 0.234. The number of carbonyl (C=O) groups is 1. The van der Waals surface area contributed by atoms with Gasteiger partial charge in [-0.3, -0.25) is 4.90 Å². The second kappa shape index (κ2) is 7.38. The number of nitrogens with one attached hydrogen (secondary N) is 1. The number of urea groups is 1. The molecule has 0 aliphatic carbocycles. The van der Waals surface area contributed by atoms with Gasteiger partial charge >= 0.3 is 6.03 Å². The van der Waals surface area contributed by atoms with Crippen molar-refractivity contribution in [1.82, 2.24) is 14.7 Å². The van der Waals surface area contributed by atoms with Crippen LogP contribution in [0.15, 0.2) is 24.3 Å². The van der Waals surface area contributed by atoms with Gasteiger partial charge in [-0.05, 0) is 26.2 Å². The fraction of sp³-hybridized carbons (Fsp3) is 0.533. The summed E-state index contributed by atoms with van der Waals surface area (Å²) in [6.07, 6.45) is 0. The third-order valence-electron chi connectivity index (χ3n) is 3.64. The van der Waals surface area contributed by atoms with E-state index in [0.29, 0.717) is 13.1 Å². The van der Waals surface area contributed by atoms with E-state index in [1.54, 1.807) is 23.1 Å². The zero-order valence-corrected chi connectivity index (χ0v) is 12.7. The zero-order valence-electron chi connectivity index (χ0n) is 12.7. The Morgan fingerprint density at radius 3 is 2.52 bits per heavy atom. The van der Waals surface area contributed by atoms with Crippen molar-refractivity contribution >= 4 is 11.7 Å². The van der Waals surface area contributed by atoms with E-state index in [2.05, 4.69) is 29.2 Å². The molecule has 0 spiro atoms. The molecular weight excluding hydrogens is 271 g/mol. The van der Waals surface area contributed by atoms with Gasteiger partial charge in [-0.25, -0.2) is 9.18 Å². The van der Waals surface area contributed by atoms with Crippen LogP contribution in [0.5, 0.6) is 0 Å². The van der Waals surface area contributed by atoms with Gasteiger partial charge in [-0.15, -0.1) is 0 Å². The molecule has 6 heteroatoms. The van der Waals surface area contributed by atoms with Crippen molar-refractivity contribution in [2.24, 2.45) is 0 Å². The molecule has 116 valence electrons. The number of carbonyl (C=O) groups excluding carboxylic acids is 1. The first-order valence-electron chi connectivity index (χ1n) is 7.24. The molecule has 0 radical (unpaired) electrons. The van der Waals surface area contributed by atoms with Crippen LogP contribution in [0.25, 0.3) is 0 Å². The third kappa shape index (κ3) is 4.68. The van der Waals surface area contributed by atoms with E-state index in [9.17, 15) is 9.18 Å². The summed E-state index contributed by atoms with van der Waals surface area (Å²) in [5.74, 6) is -0.407. The number of likely N-dealkylation sites (N-methyl/N-ethyl adjacent to an activating group) is 1. The lowest BCUT2D eigenvalue weighted by Gasteiger charge is -2.35. The van der Waals surface area contributed by atoms with Crippen molar-refractivity contribution < 1.29 is 9.18 Å². The molecule has 1 aromatic rings. The number of nitrogens with zero attached hydrogens (tertiary/aromatic N) is 3. The molecule has 0 saturated carbocycles. The molecular formula is C15H23FN4O. The number of piperazine rings is 1. The number of amides is 2. The molecule has 0 atom stereocenters. The maximum atomic E-state index is 13.5. The lowest BCUT2D eigenvalue weighted by molar-refractivity contribution is 0.140. The van der Waals surface area contributed by atoms with E-state index in [4.69, 9.17) is 0 Å². The molecule has 0 unspecified atom stereocenters. The minimum Gasteiger partial charge on any atom is -0.322 e. The van der Waals surface area contributed by atoms with Crippen LogP contribution >= 0.6 is 0 Å². The molecule has 0 bridgehead atoms. The Hall–Kier alpha value is -1.66. The second-order valence-electron chi connectivity index (χ2n) is 5.54. The molecule has 1 fully saturated rings. The average Bonchev–Trinajstić information content (AvgIpc) is 2.48. The topological polar surface area (TPSA) is 38.8 Å². The highest BCUT2D eigenvalue weighted by atomic mass is 19.1. The van der Waals surface area contributed by atoms with Crippen molar-refractivity contribution in [1.29, 1.82) is 0 Å². The van der Waals surface area contributed by atoms with Crippen LogP contribution in [-0.4, -0.2) is 74.1 Å². The van der Waals surface area contributed by atoms with Gasteiger partial charge in [-0.2, -0.15) is 0 Å². The van der Waals surface area contributed by atoms with Gasteiger partial charge in [0.1, 0.15) is 5.82 Å². The first-order valence-corrected chi connectivity index (χ1v) is 7.24. The van der Waals surface area contributed by atoms with Crippen LogP contribution in [-0.2, 0) is 0 Å². The van der Waals surface area contributed by atoms with Crippen molar-refractivity contribution in [2.45, 2.75) is 0 Å². The maximum Gasteiger partial charge on any atom is 0.322 e. The Kier molecular flexibility index (Phi) is 5.52. The Bertz CT molecular complexity index is 472. The van der Waals surface area contributed by atoms with Crippen molar-refractivity contribution in [3.05, 3.63) is 30.1 Å². The standard InChI is InChI=1S/C15H23FN4O/c1-18(2)7-8-19-9-11-20(12-10-19)15(21)17-14-6-4-3-5-13(14)16/h3-6H,7-12H2,1-2H3,(H,17,21). The SMILES string of the molecule is CN(C)CCN1CCN(C(=O)Nc2ccccc2F)CC1. The average molecular weight is 294 g/mol. The molecule has 1 saturated heterocycles. The largest absolute Gasteiger partial charge is 0.322 e. The van der Waals surface area contributed by atoms with E-state index in [1.165, 1.54) is 6.07 Å². The molecule has 0 aromatic heterocycles. The van der Waals surface area contributed by atoms with Crippen LogP contribution in [0.4, 0.5) is 14.9 Å². The second-order valence-corrected chi connectivity index (χ2v) is 5.54. The summed E-state index contributed by atoms with van der Waals surface area (Å²) in [6.45, 7) is 5.09. The Morgan fingerprint density at radius 2 is 1.90 bits per heavy atom. The molecule has 21 heavy (non-hydrogen) atoms. The lowest BCUT2D eigenvalue weighted by atomic mass is 10.3. The van der Waals surface area contributed by atoms with Gasteiger partial charge in [0.05, 0.1) is 5.69 Å². The number of halogens is 1. The summed E-state index contributed by atoms with van der Waals surface area (Å²) in [7, 11) is 4.11. The number of anilines is 1. The quantitative estimate of drug-likeness (QED) is 0.915. The van der Waals surface area contributed by atoms with Crippen LogP contribution in [0.1, 0.15) is 0 Å². The zero-order chi connectivity index (χ0) is 15.2. The van der Waals surface area contributed by atoms with Gasteiger partial charge in [-0.1, -0.05) is 12.1 Å². The van der Waals surface area contributed by atoms with E-state index >= 15 is 0 Å². The maximum absolute atomic E-state index is 13.5. The highest BCUT2D eigenvalue weighted by Crippen LogP contribution is 2.13. The van der Waals surface area contributed by atoms with E-state index in [-0.39, 0.29) is 11.7 Å². The molecule has 1 aliphatic rings. The number of hydrogen-bond acceptors (Lipinski definition) is 3. The first-order chi connectivity index (χ1) is 10.1. The summed E-state index contributed by atoms with van der Waals surface area (Å²) in [5, 5.41) is 2.63. The van der Waals surface area contributed by atoms with Crippen LogP contribution in [0.2, 0.25) is 0 Å². The van der Waals surface area contributed by atoms with Crippen molar-refractivity contribution in [2.75, 3.05) is 58.7 Å². The number of para-hydroxylation sites is 1. The molecule has 2 amide bonds. The lowest BCUT2D eigenvalue weighted by Crippen LogP contribution is -2.51. The smallest absolute Gasteiger partial charge is 0.322 e. The molecule has 1 aliphatic heterocycles. The monoisotopic (exact) mass is 294 g/mol. The predicted octanol–water partition coefficient (Wildman–Crippen LogP) is 1.54. The minimum absolute atomic E-state index is 0.229. The van der Waals surface area contributed by atoms with Crippen molar-refractivity contribution in [3.8, 4) is 0 Å². The Labute approximate surface area is 125 Å². The summed E-state index contributed by atoms with van der Waals surface area (Å²) in [4.78, 5) is 18.3. The summed E-state index contributed by atoms with van der Waals surface area (Å²) < 4.78 is 13.5. The number of hydrogen-bond donors (Lipinski definition) is 1. The van der Waals surface area contributed by atoms with Gasteiger partial charge in [0.25, 0.3) is 0 Å². The van der Waals surface area contributed by atoms with E-state index in [1.807, 2.05) is 0 Å². The molecule has 1 aromatic carbocycles. The highest BCUT2D eigenvalue weighted by Gasteiger charge is 2.21. The summed E-state index contributed by atoms with van der Waals surface area (Å²) in [6, 6.07) is 5.99. The minimum atomic E-state index is -0.407. The van der Waals surface area contributed by atoms with Gasteiger partial charge in [0.15, 0.2) is 0 Å². The molecule has 1 heterocycles. The van der Waals surface area contributed by atoms with Gasteiger partial charge in [0.2, 0.25) is 0 Å². The van der Waals surface area contributed by atoms with Gasteiger partial charge < -0.3 is 15.1 Å². The van der Waals surface area contributed by atoms with Crippen molar-refractivity contribution in [3.63, 3.8) is 0 Å². The van der Waals surface area contributed by atoms with Crippen LogP contribution in [0.3, 0.4) is 0 Å². The normalized spacial score (nSPS) is 16.3.